The number of carboxylic acid groups (broad SMARTS) is 1. The van der Waals surface area contributed by atoms with Crippen LogP contribution in [0.1, 0.15) is 20.7 Å². The van der Waals surface area contributed by atoms with Crippen LogP contribution >= 0.6 is 0 Å². The maximum atomic E-state index is 11.9. The average molecular weight is 259 g/mol. The van der Waals surface area contributed by atoms with Crippen LogP contribution in [-0.2, 0) is 9.59 Å². The van der Waals surface area contributed by atoms with Gasteiger partial charge in [-0.15, -0.1) is 0 Å². The Labute approximate surface area is 107 Å². The summed E-state index contributed by atoms with van der Waals surface area (Å²) in [5, 5.41) is 8.38. The SMILES string of the molecule is O=C(O)C=CC(=O)CN1C(=O)c2ccccc2C1=O. The molecule has 6 nitrogen and oxygen atoms in total. The van der Waals surface area contributed by atoms with Gasteiger partial charge >= 0.3 is 5.97 Å². The number of ketones is 1. The summed E-state index contributed by atoms with van der Waals surface area (Å²) in [5.41, 5.74) is 0.505. The van der Waals surface area contributed by atoms with Gasteiger partial charge in [0.15, 0.2) is 5.78 Å². The minimum atomic E-state index is -1.27. The molecule has 0 radical (unpaired) electrons. The predicted molar refractivity (Wildman–Crippen MR) is 63.6 cm³/mol. The Kier molecular flexibility index (Phi) is 3.24. The Morgan fingerprint density at radius 3 is 2.05 bits per heavy atom. The van der Waals surface area contributed by atoms with Crippen LogP contribution in [0.4, 0.5) is 0 Å². The number of rotatable bonds is 4. The van der Waals surface area contributed by atoms with Crippen molar-refractivity contribution in [3.63, 3.8) is 0 Å². The molecular weight excluding hydrogens is 250 g/mol. The first-order valence-corrected chi connectivity index (χ1v) is 5.40. The van der Waals surface area contributed by atoms with Crippen molar-refractivity contribution in [1.82, 2.24) is 4.90 Å². The first kappa shape index (κ1) is 12.7. The maximum absolute atomic E-state index is 11.9. The highest BCUT2D eigenvalue weighted by Crippen LogP contribution is 2.21. The van der Waals surface area contributed by atoms with Gasteiger partial charge in [0, 0.05) is 6.08 Å². The molecule has 1 aromatic carbocycles. The number of amides is 2. The number of hydrogen-bond acceptors (Lipinski definition) is 4. The summed E-state index contributed by atoms with van der Waals surface area (Å²) in [6, 6.07) is 6.26. The molecular formula is C13H9NO5. The summed E-state index contributed by atoms with van der Waals surface area (Å²) in [7, 11) is 0. The summed E-state index contributed by atoms with van der Waals surface area (Å²) in [5.74, 6) is -2.98. The molecule has 0 fully saturated rings. The molecule has 0 aliphatic carbocycles. The van der Waals surface area contributed by atoms with E-state index in [-0.39, 0.29) is 11.1 Å². The lowest BCUT2D eigenvalue weighted by Crippen LogP contribution is -2.34. The average Bonchev–Trinajstić information content (AvgIpc) is 2.62. The molecule has 96 valence electrons. The van der Waals surface area contributed by atoms with E-state index in [9.17, 15) is 19.2 Å². The van der Waals surface area contributed by atoms with Gasteiger partial charge < -0.3 is 5.11 Å². The van der Waals surface area contributed by atoms with Crippen LogP contribution in [-0.4, -0.2) is 40.1 Å². The number of nitrogens with zero attached hydrogens (tertiary/aromatic N) is 1. The Morgan fingerprint density at radius 2 is 1.58 bits per heavy atom. The van der Waals surface area contributed by atoms with Crippen LogP contribution in [0.3, 0.4) is 0 Å². The van der Waals surface area contributed by atoms with Gasteiger partial charge in [0.05, 0.1) is 17.7 Å². The first-order valence-electron chi connectivity index (χ1n) is 5.40. The number of fused-ring (bicyclic) bond motifs is 1. The van der Waals surface area contributed by atoms with Gasteiger partial charge in [0.2, 0.25) is 0 Å². The van der Waals surface area contributed by atoms with Crippen LogP contribution in [0, 0.1) is 0 Å². The van der Waals surface area contributed by atoms with Crippen LogP contribution in [0.15, 0.2) is 36.4 Å². The Hall–Kier alpha value is -2.76. The highest BCUT2D eigenvalue weighted by atomic mass is 16.4. The second kappa shape index (κ2) is 4.85. The number of carbonyl (C=O) groups excluding carboxylic acids is 3. The van der Waals surface area contributed by atoms with Gasteiger partial charge in [-0.1, -0.05) is 12.1 Å². The van der Waals surface area contributed by atoms with Gasteiger partial charge in [-0.2, -0.15) is 0 Å². The molecule has 1 aliphatic rings. The molecule has 0 bridgehead atoms. The minimum absolute atomic E-state index is 0.252. The number of hydrogen-bond donors (Lipinski definition) is 1. The zero-order valence-corrected chi connectivity index (χ0v) is 9.70. The van der Waals surface area contributed by atoms with Gasteiger partial charge in [-0.25, -0.2) is 4.79 Å². The number of carbonyl (C=O) groups is 4. The summed E-state index contributed by atoms with van der Waals surface area (Å²) in [6.45, 7) is -0.462. The third kappa shape index (κ3) is 2.42. The van der Waals surface area contributed by atoms with Crippen molar-refractivity contribution in [2.75, 3.05) is 6.54 Å². The van der Waals surface area contributed by atoms with Crippen LogP contribution in [0.2, 0.25) is 0 Å². The lowest BCUT2D eigenvalue weighted by molar-refractivity contribution is -0.131. The quantitative estimate of drug-likeness (QED) is 0.627. The second-order valence-corrected chi connectivity index (χ2v) is 3.88. The molecule has 6 heteroatoms. The molecule has 1 heterocycles. The van der Waals surface area contributed by atoms with Crippen LogP contribution < -0.4 is 0 Å². The first-order chi connectivity index (χ1) is 9.00. The van der Waals surface area contributed by atoms with Gasteiger partial charge in [0.1, 0.15) is 0 Å². The maximum Gasteiger partial charge on any atom is 0.328 e. The molecule has 1 N–H and O–H groups in total. The fourth-order valence-electron chi connectivity index (χ4n) is 1.76. The lowest BCUT2D eigenvalue weighted by Gasteiger charge is -2.10. The third-order valence-electron chi connectivity index (χ3n) is 2.60. The van der Waals surface area contributed by atoms with Crippen molar-refractivity contribution < 1.29 is 24.3 Å². The summed E-state index contributed by atoms with van der Waals surface area (Å²) >= 11 is 0. The predicted octanol–water partition coefficient (Wildman–Crippen LogP) is 0.492. The smallest absolute Gasteiger partial charge is 0.328 e. The molecule has 0 saturated carbocycles. The van der Waals surface area contributed by atoms with Gasteiger partial charge in [-0.3, -0.25) is 19.3 Å². The molecule has 0 atom stereocenters. The Balaban J connectivity index is 2.17. The Bertz CT molecular complexity index is 582. The lowest BCUT2D eigenvalue weighted by atomic mass is 10.1. The van der Waals surface area contributed by atoms with Crippen molar-refractivity contribution in [3.05, 3.63) is 47.5 Å². The van der Waals surface area contributed by atoms with Crippen molar-refractivity contribution in [3.8, 4) is 0 Å². The standard InChI is InChI=1S/C13H9NO5/c15-8(5-6-11(16)17)7-14-12(18)9-3-1-2-4-10(9)13(14)19/h1-6H,7H2,(H,16,17). The van der Waals surface area contributed by atoms with Gasteiger partial charge in [-0.05, 0) is 18.2 Å². The minimum Gasteiger partial charge on any atom is -0.478 e. The highest BCUT2D eigenvalue weighted by Gasteiger charge is 2.35. The van der Waals surface area contributed by atoms with E-state index in [1.807, 2.05) is 0 Å². The Morgan fingerprint density at radius 1 is 1.05 bits per heavy atom. The molecule has 0 saturated heterocycles. The zero-order chi connectivity index (χ0) is 14.0. The summed E-state index contributed by atoms with van der Waals surface area (Å²) in [4.78, 5) is 46.3. The van der Waals surface area contributed by atoms with E-state index < -0.39 is 30.1 Å². The molecule has 0 unspecified atom stereocenters. The van der Waals surface area contributed by atoms with Crippen molar-refractivity contribution in [2.45, 2.75) is 0 Å². The topological polar surface area (TPSA) is 91.8 Å². The molecule has 1 aromatic rings. The van der Waals surface area contributed by atoms with Gasteiger partial charge in [0.25, 0.3) is 11.8 Å². The summed E-state index contributed by atoms with van der Waals surface area (Å²) in [6.07, 6.45) is 1.49. The van der Waals surface area contributed by atoms with Crippen molar-refractivity contribution in [2.24, 2.45) is 0 Å². The number of benzene rings is 1. The normalized spacial score (nSPS) is 14.0. The van der Waals surface area contributed by atoms with E-state index in [4.69, 9.17) is 5.11 Å². The highest BCUT2D eigenvalue weighted by molar-refractivity contribution is 6.22. The molecule has 2 rings (SSSR count). The van der Waals surface area contributed by atoms with E-state index in [1.165, 1.54) is 12.1 Å². The number of aliphatic carboxylic acids is 1. The third-order valence-corrected chi connectivity index (χ3v) is 2.60. The van der Waals surface area contributed by atoms with E-state index >= 15 is 0 Å². The van der Waals surface area contributed by atoms with Crippen LogP contribution in [0.25, 0.3) is 0 Å². The molecule has 19 heavy (non-hydrogen) atoms. The van der Waals surface area contributed by atoms with E-state index in [0.29, 0.717) is 6.08 Å². The van der Waals surface area contributed by atoms with Crippen LogP contribution in [0.5, 0.6) is 0 Å². The monoisotopic (exact) mass is 259 g/mol. The number of carboxylic acids is 1. The fourth-order valence-corrected chi connectivity index (χ4v) is 1.76. The fraction of sp³-hybridized carbons (Fsp3) is 0.0769. The van der Waals surface area contributed by atoms with Crippen molar-refractivity contribution in [1.29, 1.82) is 0 Å². The molecule has 2 amide bonds. The largest absolute Gasteiger partial charge is 0.478 e. The molecule has 0 aromatic heterocycles. The molecule has 0 spiro atoms. The van der Waals surface area contributed by atoms with E-state index in [1.54, 1.807) is 12.1 Å². The number of imide groups is 1. The van der Waals surface area contributed by atoms with E-state index in [2.05, 4.69) is 0 Å². The second-order valence-electron chi connectivity index (χ2n) is 3.88. The van der Waals surface area contributed by atoms with Crippen molar-refractivity contribution >= 4 is 23.6 Å². The molecule has 1 aliphatic heterocycles. The zero-order valence-electron chi connectivity index (χ0n) is 9.70. The summed E-state index contributed by atoms with van der Waals surface area (Å²) < 4.78 is 0. The van der Waals surface area contributed by atoms with E-state index in [0.717, 1.165) is 11.0 Å².